The number of pyridine rings is 1. The van der Waals surface area contributed by atoms with Gasteiger partial charge in [0.05, 0.1) is 22.5 Å². The number of fused-ring (bicyclic) bond motifs is 1. The summed E-state index contributed by atoms with van der Waals surface area (Å²) in [4.78, 5) is 17.1. The van der Waals surface area contributed by atoms with Crippen molar-refractivity contribution < 1.29 is 18.0 Å². The van der Waals surface area contributed by atoms with Crippen LogP contribution in [0.2, 0.25) is 0 Å². The molecule has 0 aliphatic rings. The van der Waals surface area contributed by atoms with E-state index < -0.39 is 17.6 Å². The quantitative estimate of drug-likeness (QED) is 0.530. The number of rotatable bonds is 3. The number of aryl methyl sites for hydroxylation is 1. The molecule has 29 heavy (non-hydrogen) atoms. The van der Waals surface area contributed by atoms with Gasteiger partial charge in [-0.05, 0) is 43.3 Å². The average molecular weight is 396 g/mol. The van der Waals surface area contributed by atoms with E-state index in [-0.39, 0.29) is 11.5 Å². The lowest BCUT2D eigenvalue weighted by atomic mass is 10.1. The Kier molecular flexibility index (Phi) is 4.54. The molecule has 0 unspecified atom stereocenters. The van der Waals surface area contributed by atoms with Gasteiger partial charge in [-0.2, -0.15) is 18.3 Å². The minimum absolute atomic E-state index is 0.197. The van der Waals surface area contributed by atoms with Crippen molar-refractivity contribution in [1.29, 1.82) is 0 Å². The highest BCUT2D eigenvalue weighted by atomic mass is 19.4. The number of carbonyl (C=O) groups is 1. The number of nitrogens with zero attached hydrogens (tertiary/aromatic N) is 3. The van der Waals surface area contributed by atoms with Crippen LogP contribution in [0.15, 0.2) is 66.9 Å². The average Bonchev–Trinajstić information content (AvgIpc) is 3.07. The lowest BCUT2D eigenvalue weighted by Gasteiger charge is -2.12. The molecular weight excluding hydrogens is 381 g/mol. The van der Waals surface area contributed by atoms with Gasteiger partial charge in [0.15, 0.2) is 0 Å². The number of carbonyl (C=O) groups excluding carboxylic acids is 1. The van der Waals surface area contributed by atoms with Crippen LogP contribution in [-0.4, -0.2) is 20.7 Å². The van der Waals surface area contributed by atoms with Gasteiger partial charge in [-0.1, -0.05) is 18.2 Å². The topological polar surface area (TPSA) is 59.8 Å². The Bertz CT molecular complexity index is 1210. The van der Waals surface area contributed by atoms with Crippen molar-refractivity contribution in [3.8, 4) is 5.69 Å². The first kappa shape index (κ1) is 18.7. The Morgan fingerprint density at radius 2 is 1.83 bits per heavy atom. The zero-order valence-electron chi connectivity index (χ0n) is 15.2. The summed E-state index contributed by atoms with van der Waals surface area (Å²) in [6.07, 6.45) is -2.84. The van der Waals surface area contributed by atoms with Crippen molar-refractivity contribution in [3.05, 3.63) is 83.7 Å². The van der Waals surface area contributed by atoms with Gasteiger partial charge >= 0.3 is 6.18 Å². The molecule has 0 spiro atoms. The minimum Gasteiger partial charge on any atom is -0.306 e. The van der Waals surface area contributed by atoms with E-state index in [0.29, 0.717) is 22.2 Å². The Hall–Kier alpha value is -3.68. The molecule has 0 atom stereocenters. The summed E-state index contributed by atoms with van der Waals surface area (Å²) in [6, 6.07) is 15.1. The number of halogens is 3. The molecule has 0 aliphatic carbocycles. The molecule has 2 heterocycles. The monoisotopic (exact) mass is 396 g/mol. The predicted molar refractivity (Wildman–Crippen MR) is 103 cm³/mol. The third kappa shape index (κ3) is 3.69. The van der Waals surface area contributed by atoms with Gasteiger partial charge < -0.3 is 5.32 Å². The SMILES string of the molecule is Cc1cc(NC(=O)c2cccc3ncccc23)n(-c2cccc(C(F)(F)F)c2)n1. The van der Waals surface area contributed by atoms with Crippen LogP contribution in [0.4, 0.5) is 19.0 Å². The van der Waals surface area contributed by atoms with E-state index in [4.69, 9.17) is 0 Å². The van der Waals surface area contributed by atoms with Crippen molar-refractivity contribution in [2.75, 3.05) is 5.32 Å². The van der Waals surface area contributed by atoms with Crippen molar-refractivity contribution in [2.24, 2.45) is 0 Å². The largest absolute Gasteiger partial charge is 0.416 e. The highest BCUT2D eigenvalue weighted by Crippen LogP contribution is 2.31. The number of anilines is 1. The molecule has 146 valence electrons. The standard InChI is InChI=1S/C21H15F3N4O/c1-13-11-19(28(27-13)15-6-2-5-14(12-15)21(22,23)24)26-20(29)17-7-3-9-18-16(17)8-4-10-25-18/h2-12H,1H3,(H,26,29). The predicted octanol–water partition coefficient (Wildman–Crippen LogP) is 5.00. The smallest absolute Gasteiger partial charge is 0.306 e. The second-order valence-corrected chi connectivity index (χ2v) is 6.46. The molecule has 5 nitrogen and oxygen atoms in total. The molecule has 0 aliphatic heterocycles. The van der Waals surface area contributed by atoms with Crippen LogP contribution in [0, 0.1) is 6.92 Å². The van der Waals surface area contributed by atoms with Crippen LogP contribution in [-0.2, 0) is 6.18 Å². The molecular formula is C21H15F3N4O. The molecule has 0 bridgehead atoms. The molecule has 1 N–H and O–H groups in total. The first-order valence-electron chi connectivity index (χ1n) is 8.72. The maximum Gasteiger partial charge on any atom is 0.416 e. The summed E-state index contributed by atoms with van der Waals surface area (Å²) in [6.45, 7) is 1.70. The van der Waals surface area contributed by atoms with Gasteiger partial charge in [0.2, 0.25) is 0 Å². The van der Waals surface area contributed by atoms with Crippen molar-refractivity contribution >= 4 is 22.6 Å². The highest BCUT2D eigenvalue weighted by Gasteiger charge is 2.30. The highest BCUT2D eigenvalue weighted by molar-refractivity contribution is 6.12. The summed E-state index contributed by atoms with van der Waals surface area (Å²) in [5, 5.41) is 7.66. The molecule has 8 heteroatoms. The van der Waals surface area contributed by atoms with Gasteiger partial charge in [-0.3, -0.25) is 9.78 Å². The van der Waals surface area contributed by atoms with Gasteiger partial charge in [-0.15, -0.1) is 0 Å². The Labute approximate surface area is 163 Å². The van der Waals surface area contributed by atoms with Crippen LogP contribution in [0.1, 0.15) is 21.6 Å². The zero-order valence-corrected chi connectivity index (χ0v) is 15.2. The van der Waals surface area contributed by atoms with E-state index >= 15 is 0 Å². The third-order valence-corrected chi connectivity index (χ3v) is 4.38. The second kappa shape index (κ2) is 7.05. The fourth-order valence-corrected chi connectivity index (χ4v) is 3.08. The van der Waals surface area contributed by atoms with Crippen molar-refractivity contribution in [2.45, 2.75) is 13.1 Å². The van der Waals surface area contributed by atoms with Crippen molar-refractivity contribution in [3.63, 3.8) is 0 Å². The Morgan fingerprint density at radius 1 is 1.03 bits per heavy atom. The number of hydrogen-bond donors (Lipinski definition) is 1. The summed E-state index contributed by atoms with van der Waals surface area (Å²) >= 11 is 0. The summed E-state index contributed by atoms with van der Waals surface area (Å²) in [5.41, 5.74) is 1.04. The lowest BCUT2D eigenvalue weighted by molar-refractivity contribution is -0.137. The molecule has 0 saturated carbocycles. The second-order valence-electron chi connectivity index (χ2n) is 6.46. The molecule has 1 amide bonds. The number of amides is 1. The van der Waals surface area contributed by atoms with Gasteiger partial charge in [0, 0.05) is 23.2 Å². The van der Waals surface area contributed by atoms with E-state index in [1.165, 1.54) is 16.8 Å². The van der Waals surface area contributed by atoms with E-state index in [1.54, 1.807) is 49.5 Å². The fourth-order valence-electron chi connectivity index (χ4n) is 3.08. The van der Waals surface area contributed by atoms with Gasteiger partial charge in [-0.25, -0.2) is 4.68 Å². The van der Waals surface area contributed by atoms with E-state index in [0.717, 1.165) is 12.1 Å². The Morgan fingerprint density at radius 3 is 2.62 bits per heavy atom. The molecule has 2 aromatic carbocycles. The van der Waals surface area contributed by atoms with E-state index in [2.05, 4.69) is 15.4 Å². The molecule has 0 saturated heterocycles. The van der Waals surface area contributed by atoms with E-state index in [1.807, 2.05) is 0 Å². The fraction of sp³-hybridized carbons (Fsp3) is 0.0952. The number of nitrogens with one attached hydrogen (secondary N) is 1. The summed E-state index contributed by atoms with van der Waals surface area (Å²) in [5.74, 6) is -0.135. The number of benzene rings is 2. The molecule has 0 fully saturated rings. The lowest BCUT2D eigenvalue weighted by Crippen LogP contribution is -2.16. The minimum atomic E-state index is -4.47. The van der Waals surface area contributed by atoms with Crippen LogP contribution in [0.25, 0.3) is 16.6 Å². The number of hydrogen-bond acceptors (Lipinski definition) is 3. The first-order chi connectivity index (χ1) is 13.8. The van der Waals surface area contributed by atoms with Crippen LogP contribution >= 0.6 is 0 Å². The van der Waals surface area contributed by atoms with Gasteiger partial charge in [0.1, 0.15) is 5.82 Å². The maximum atomic E-state index is 13.1. The van der Waals surface area contributed by atoms with Gasteiger partial charge in [0.25, 0.3) is 5.91 Å². The normalized spacial score (nSPS) is 11.6. The summed E-state index contributed by atoms with van der Waals surface area (Å²) in [7, 11) is 0. The van der Waals surface area contributed by atoms with Crippen molar-refractivity contribution in [1.82, 2.24) is 14.8 Å². The molecule has 2 aromatic heterocycles. The maximum absolute atomic E-state index is 13.1. The third-order valence-electron chi connectivity index (χ3n) is 4.38. The Balaban J connectivity index is 1.72. The number of aromatic nitrogens is 3. The van der Waals surface area contributed by atoms with E-state index in [9.17, 15) is 18.0 Å². The molecule has 4 aromatic rings. The van der Waals surface area contributed by atoms with Crippen LogP contribution in [0.5, 0.6) is 0 Å². The summed E-state index contributed by atoms with van der Waals surface area (Å²) < 4.78 is 40.5. The first-order valence-corrected chi connectivity index (χ1v) is 8.72. The van der Waals surface area contributed by atoms with Crippen LogP contribution in [0.3, 0.4) is 0 Å². The number of alkyl halides is 3. The molecule has 0 radical (unpaired) electrons. The van der Waals surface area contributed by atoms with Crippen LogP contribution < -0.4 is 5.32 Å². The zero-order chi connectivity index (χ0) is 20.6. The molecule has 4 rings (SSSR count).